The van der Waals surface area contributed by atoms with Crippen molar-refractivity contribution in [3.8, 4) is 11.1 Å². The first-order valence-electron chi connectivity index (χ1n) is 4.71. The maximum atomic E-state index is 13.7. The van der Waals surface area contributed by atoms with Crippen molar-refractivity contribution in [3.63, 3.8) is 0 Å². The standard InChI is InChI=1S/C11H7ClF2N2O/c1-5-2-3-6(10(14)9(5)13)7-4-8(12)15-16-11(7)17/h2-4H,1H3,(H,16,17). The smallest absolute Gasteiger partial charge is 0.267 e. The lowest BCUT2D eigenvalue weighted by Gasteiger charge is -2.05. The molecular formula is C11H7ClF2N2O. The molecule has 0 fully saturated rings. The van der Waals surface area contributed by atoms with E-state index in [1.807, 2.05) is 0 Å². The molecule has 88 valence electrons. The highest BCUT2D eigenvalue weighted by molar-refractivity contribution is 6.29. The van der Waals surface area contributed by atoms with Crippen molar-refractivity contribution in [3.05, 3.63) is 50.9 Å². The van der Waals surface area contributed by atoms with Gasteiger partial charge >= 0.3 is 0 Å². The summed E-state index contributed by atoms with van der Waals surface area (Å²) in [5.74, 6) is -2.05. The van der Waals surface area contributed by atoms with Gasteiger partial charge in [-0.15, -0.1) is 0 Å². The van der Waals surface area contributed by atoms with Gasteiger partial charge in [-0.2, -0.15) is 5.10 Å². The van der Waals surface area contributed by atoms with Crippen LogP contribution >= 0.6 is 11.6 Å². The first-order chi connectivity index (χ1) is 8.00. The van der Waals surface area contributed by atoms with Crippen molar-refractivity contribution in [1.82, 2.24) is 10.2 Å². The van der Waals surface area contributed by atoms with Crippen LogP contribution in [0, 0.1) is 18.6 Å². The van der Waals surface area contributed by atoms with Gasteiger partial charge in [0.2, 0.25) is 0 Å². The summed E-state index contributed by atoms with van der Waals surface area (Å²) in [5, 5.41) is 5.55. The Morgan fingerprint density at radius 1 is 1.24 bits per heavy atom. The molecule has 1 aromatic carbocycles. The molecule has 0 aliphatic heterocycles. The van der Waals surface area contributed by atoms with Gasteiger partial charge in [0.15, 0.2) is 11.6 Å². The fourth-order valence-electron chi connectivity index (χ4n) is 1.44. The Morgan fingerprint density at radius 3 is 2.65 bits per heavy atom. The molecule has 1 aromatic heterocycles. The molecule has 0 unspecified atom stereocenters. The number of benzene rings is 1. The number of rotatable bonds is 1. The summed E-state index contributed by atoms with van der Waals surface area (Å²) < 4.78 is 27.0. The van der Waals surface area contributed by atoms with E-state index < -0.39 is 17.2 Å². The zero-order chi connectivity index (χ0) is 12.6. The number of aromatic amines is 1. The molecule has 0 aliphatic rings. The summed E-state index contributed by atoms with van der Waals surface area (Å²) in [5.41, 5.74) is -0.653. The van der Waals surface area contributed by atoms with Crippen molar-refractivity contribution in [2.24, 2.45) is 0 Å². The van der Waals surface area contributed by atoms with Crippen molar-refractivity contribution in [1.29, 1.82) is 0 Å². The number of H-pyrrole nitrogens is 1. The average molecular weight is 257 g/mol. The third-order valence-electron chi connectivity index (χ3n) is 2.34. The number of aryl methyl sites for hydroxylation is 1. The molecule has 0 atom stereocenters. The Kier molecular flexibility index (Phi) is 2.93. The van der Waals surface area contributed by atoms with E-state index in [1.54, 1.807) is 0 Å². The highest BCUT2D eigenvalue weighted by Crippen LogP contribution is 2.24. The zero-order valence-corrected chi connectivity index (χ0v) is 9.48. The lowest BCUT2D eigenvalue weighted by molar-refractivity contribution is 0.505. The molecule has 0 aliphatic carbocycles. The molecule has 0 saturated heterocycles. The van der Waals surface area contributed by atoms with Gasteiger partial charge < -0.3 is 0 Å². The summed E-state index contributed by atoms with van der Waals surface area (Å²) in [6.45, 7) is 1.44. The molecule has 0 spiro atoms. The van der Waals surface area contributed by atoms with Crippen LogP contribution in [0.25, 0.3) is 11.1 Å². The molecule has 3 nitrogen and oxygen atoms in total. The number of hydrogen-bond acceptors (Lipinski definition) is 2. The van der Waals surface area contributed by atoms with E-state index in [4.69, 9.17) is 11.6 Å². The van der Waals surface area contributed by atoms with Gasteiger partial charge in [0.05, 0.1) is 5.56 Å². The van der Waals surface area contributed by atoms with Crippen molar-refractivity contribution in [2.45, 2.75) is 6.92 Å². The van der Waals surface area contributed by atoms with E-state index in [9.17, 15) is 13.6 Å². The summed E-state index contributed by atoms with van der Waals surface area (Å²) in [6, 6.07) is 3.91. The summed E-state index contributed by atoms with van der Waals surface area (Å²) in [4.78, 5) is 11.5. The Hall–Kier alpha value is -1.75. The Balaban J connectivity index is 2.73. The maximum Gasteiger partial charge on any atom is 0.272 e. The first kappa shape index (κ1) is 11.7. The lowest BCUT2D eigenvalue weighted by Crippen LogP contribution is -2.11. The second-order valence-corrected chi connectivity index (χ2v) is 3.88. The second-order valence-electron chi connectivity index (χ2n) is 3.49. The monoisotopic (exact) mass is 256 g/mol. The Morgan fingerprint density at radius 2 is 1.94 bits per heavy atom. The van der Waals surface area contributed by atoms with E-state index >= 15 is 0 Å². The van der Waals surface area contributed by atoms with Crippen molar-refractivity contribution < 1.29 is 8.78 Å². The molecule has 0 bridgehead atoms. The molecular weight excluding hydrogens is 250 g/mol. The maximum absolute atomic E-state index is 13.7. The highest BCUT2D eigenvalue weighted by Gasteiger charge is 2.15. The van der Waals surface area contributed by atoms with Crippen LogP contribution < -0.4 is 5.56 Å². The third kappa shape index (κ3) is 2.06. The third-order valence-corrected chi connectivity index (χ3v) is 2.53. The number of aromatic nitrogens is 2. The predicted molar refractivity (Wildman–Crippen MR) is 60.0 cm³/mol. The number of nitrogens with zero attached hydrogens (tertiary/aromatic N) is 1. The fourth-order valence-corrected chi connectivity index (χ4v) is 1.59. The minimum atomic E-state index is -1.07. The van der Waals surface area contributed by atoms with Crippen LogP contribution in [0.2, 0.25) is 5.15 Å². The van der Waals surface area contributed by atoms with E-state index in [2.05, 4.69) is 10.2 Å². The van der Waals surface area contributed by atoms with Crippen LogP contribution in [0.4, 0.5) is 8.78 Å². The number of nitrogens with one attached hydrogen (secondary N) is 1. The summed E-state index contributed by atoms with van der Waals surface area (Å²) in [6.07, 6.45) is 0. The highest BCUT2D eigenvalue weighted by atomic mass is 35.5. The van der Waals surface area contributed by atoms with Gasteiger partial charge in [-0.25, -0.2) is 13.9 Å². The molecule has 17 heavy (non-hydrogen) atoms. The molecule has 2 aromatic rings. The second kappa shape index (κ2) is 4.25. The minimum absolute atomic E-state index is 0.0000156. The first-order valence-corrected chi connectivity index (χ1v) is 5.08. The molecule has 1 heterocycles. The van der Waals surface area contributed by atoms with E-state index in [1.165, 1.54) is 25.1 Å². The van der Waals surface area contributed by atoms with E-state index in [-0.39, 0.29) is 21.8 Å². The van der Waals surface area contributed by atoms with Crippen LogP contribution in [0.1, 0.15) is 5.56 Å². The topological polar surface area (TPSA) is 45.8 Å². The quantitative estimate of drug-likeness (QED) is 0.853. The van der Waals surface area contributed by atoms with Crippen molar-refractivity contribution >= 4 is 11.6 Å². The van der Waals surface area contributed by atoms with Gasteiger partial charge in [0, 0.05) is 5.56 Å². The molecule has 2 rings (SSSR count). The van der Waals surface area contributed by atoms with Crippen LogP contribution in [-0.4, -0.2) is 10.2 Å². The minimum Gasteiger partial charge on any atom is -0.267 e. The lowest BCUT2D eigenvalue weighted by atomic mass is 10.0. The Bertz CT molecular complexity index is 640. The average Bonchev–Trinajstić information content (AvgIpc) is 2.30. The predicted octanol–water partition coefficient (Wildman–Crippen LogP) is 2.68. The van der Waals surface area contributed by atoms with E-state index in [0.29, 0.717) is 0 Å². The summed E-state index contributed by atoms with van der Waals surface area (Å²) >= 11 is 5.59. The molecule has 0 amide bonds. The fraction of sp³-hybridized carbons (Fsp3) is 0.0909. The summed E-state index contributed by atoms with van der Waals surface area (Å²) in [7, 11) is 0. The zero-order valence-electron chi connectivity index (χ0n) is 8.72. The van der Waals surface area contributed by atoms with Gasteiger partial charge in [-0.3, -0.25) is 4.79 Å². The van der Waals surface area contributed by atoms with Gasteiger partial charge in [-0.05, 0) is 18.6 Å². The molecule has 1 N–H and O–H groups in total. The molecule has 0 radical (unpaired) electrons. The number of hydrogen-bond donors (Lipinski definition) is 1. The van der Waals surface area contributed by atoms with Gasteiger partial charge in [0.25, 0.3) is 5.56 Å². The van der Waals surface area contributed by atoms with Crippen molar-refractivity contribution in [2.75, 3.05) is 0 Å². The normalized spacial score (nSPS) is 10.6. The van der Waals surface area contributed by atoms with Gasteiger partial charge in [0.1, 0.15) is 5.15 Å². The SMILES string of the molecule is Cc1ccc(-c2cc(Cl)n[nH]c2=O)c(F)c1F. The van der Waals surface area contributed by atoms with Crippen LogP contribution in [0.5, 0.6) is 0 Å². The number of halogens is 3. The van der Waals surface area contributed by atoms with Crippen LogP contribution in [0.15, 0.2) is 23.0 Å². The van der Waals surface area contributed by atoms with Crippen LogP contribution in [0.3, 0.4) is 0 Å². The van der Waals surface area contributed by atoms with Gasteiger partial charge in [-0.1, -0.05) is 23.7 Å². The van der Waals surface area contributed by atoms with E-state index in [0.717, 1.165) is 0 Å². The Labute approximate surface area is 100 Å². The van der Waals surface area contributed by atoms with Crippen LogP contribution in [-0.2, 0) is 0 Å². The molecule has 0 saturated carbocycles. The largest absolute Gasteiger partial charge is 0.272 e. The molecule has 6 heteroatoms.